The largest absolute Gasteiger partial charge is 0.496 e. The molecule has 1 saturated heterocycles. The quantitative estimate of drug-likeness (QED) is 0.368. The first-order chi connectivity index (χ1) is 15.2. The molecule has 0 atom stereocenters. The van der Waals surface area contributed by atoms with Gasteiger partial charge in [0.05, 0.1) is 25.9 Å². The number of unbranched alkanes of at least 4 members (excludes halogenated alkanes) is 7. The van der Waals surface area contributed by atoms with Crippen molar-refractivity contribution in [3.05, 3.63) is 35.5 Å². The van der Waals surface area contributed by atoms with Crippen molar-refractivity contribution >= 4 is 17.4 Å². The number of ether oxygens (including phenoxy) is 2. The zero-order valence-corrected chi connectivity index (χ0v) is 19.0. The molecule has 0 spiro atoms. The van der Waals surface area contributed by atoms with Gasteiger partial charge < -0.3 is 14.4 Å². The highest BCUT2D eigenvalue weighted by Gasteiger charge is 2.42. The zero-order chi connectivity index (χ0) is 22.1. The van der Waals surface area contributed by atoms with Crippen molar-refractivity contribution in [2.75, 3.05) is 40.0 Å². The summed E-state index contributed by atoms with van der Waals surface area (Å²) in [5.74, 6) is 0.216. The smallest absolute Gasteiger partial charge is 0.277 e. The van der Waals surface area contributed by atoms with Gasteiger partial charge in [-0.2, -0.15) is 0 Å². The minimum absolute atomic E-state index is 0.184. The molecule has 0 bridgehead atoms. The average Bonchev–Trinajstić information content (AvgIpc) is 3.05. The summed E-state index contributed by atoms with van der Waals surface area (Å²) in [6.45, 7) is 5.03. The minimum Gasteiger partial charge on any atom is -0.496 e. The fourth-order valence-electron chi connectivity index (χ4n) is 4.34. The van der Waals surface area contributed by atoms with Crippen molar-refractivity contribution in [2.45, 2.75) is 58.3 Å². The van der Waals surface area contributed by atoms with Gasteiger partial charge in [0.2, 0.25) is 0 Å². The summed E-state index contributed by atoms with van der Waals surface area (Å²) in [6, 6.07) is 7.44. The number of hydrogen-bond donors (Lipinski definition) is 0. The van der Waals surface area contributed by atoms with E-state index in [9.17, 15) is 9.59 Å². The van der Waals surface area contributed by atoms with Gasteiger partial charge in [-0.3, -0.25) is 14.5 Å². The molecule has 2 heterocycles. The maximum absolute atomic E-state index is 13.4. The lowest BCUT2D eigenvalue weighted by molar-refractivity contribution is -0.137. The molecule has 6 heteroatoms. The fourth-order valence-corrected chi connectivity index (χ4v) is 4.34. The fraction of sp³-hybridized carbons (Fsp3) is 0.600. The van der Waals surface area contributed by atoms with Crippen LogP contribution in [-0.2, 0) is 14.3 Å². The van der Waals surface area contributed by atoms with Crippen molar-refractivity contribution in [1.82, 2.24) is 9.80 Å². The molecule has 0 aromatic heterocycles. The Hall–Kier alpha value is -2.34. The van der Waals surface area contributed by atoms with Gasteiger partial charge in [-0.05, 0) is 12.5 Å². The van der Waals surface area contributed by atoms with Crippen LogP contribution >= 0.6 is 0 Å². The summed E-state index contributed by atoms with van der Waals surface area (Å²) in [6.07, 6.45) is 9.41. The van der Waals surface area contributed by atoms with Gasteiger partial charge in [-0.15, -0.1) is 0 Å². The number of nitrogens with zero attached hydrogens (tertiary/aromatic N) is 2. The SMILES string of the molecule is CCCCCCCCCCN1C(=O)C(c2ccccc2OC)=C(N2CCOCC2)C1=O. The first kappa shape index (κ1) is 23.3. The van der Waals surface area contributed by atoms with Crippen LogP contribution in [0.1, 0.15) is 63.9 Å². The Labute approximate surface area is 186 Å². The van der Waals surface area contributed by atoms with Crippen LogP contribution in [0.4, 0.5) is 0 Å². The molecular formula is C25H36N2O4. The Balaban J connectivity index is 1.71. The molecule has 31 heavy (non-hydrogen) atoms. The second-order valence-corrected chi connectivity index (χ2v) is 8.26. The van der Waals surface area contributed by atoms with Crippen molar-refractivity contribution in [3.63, 3.8) is 0 Å². The highest BCUT2D eigenvalue weighted by atomic mass is 16.5. The summed E-state index contributed by atoms with van der Waals surface area (Å²) < 4.78 is 11.0. The summed E-state index contributed by atoms with van der Waals surface area (Å²) in [5, 5.41) is 0. The van der Waals surface area contributed by atoms with Crippen LogP contribution in [-0.4, -0.2) is 61.6 Å². The Morgan fingerprint density at radius 3 is 2.23 bits per heavy atom. The van der Waals surface area contributed by atoms with Crippen LogP contribution < -0.4 is 4.74 Å². The van der Waals surface area contributed by atoms with Crippen molar-refractivity contribution in [3.8, 4) is 5.75 Å². The Kier molecular flexibility index (Phi) is 8.95. The number of para-hydroxylation sites is 1. The van der Waals surface area contributed by atoms with E-state index < -0.39 is 0 Å². The lowest BCUT2D eigenvalue weighted by Gasteiger charge is -2.29. The van der Waals surface area contributed by atoms with E-state index in [0.29, 0.717) is 55.4 Å². The van der Waals surface area contributed by atoms with Crippen molar-refractivity contribution in [1.29, 1.82) is 0 Å². The Morgan fingerprint density at radius 2 is 1.55 bits per heavy atom. The normalized spacial score (nSPS) is 17.1. The lowest BCUT2D eigenvalue weighted by Crippen LogP contribution is -2.40. The van der Waals surface area contributed by atoms with Gasteiger partial charge in [0, 0.05) is 25.2 Å². The average molecular weight is 429 g/mol. The number of rotatable bonds is 12. The van der Waals surface area contributed by atoms with Gasteiger partial charge in [0.25, 0.3) is 11.8 Å². The number of methoxy groups -OCH3 is 1. The maximum Gasteiger partial charge on any atom is 0.277 e. The maximum atomic E-state index is 13.4. The molecule has 0 unspecified atom stereocenters. The third-order valence-electron chi connectivity index (χ3n) is 6.08. The number of carbonyl (C=O) groups excluding carboxylic acids is 2. The van der Waals surface area contributed by atoms with E-state index in [1.165, 1.54) is 37.0 Å². The summed E-state index contributed by atoms with van der Waals surface area (Å²) in [5.41, 5.74) is 1.64. The summed E-state index contributed by atoms with van der Waals surface area (Å²) in [7, 11) is 1.59. The number of imide groups is 1. The highest BCUT2D eigenvalue weighted by molar-refractivity contribution is 6.36. The summed E-state index contributed by atoms with van der Waals surface area (Å²) >= 11 is 0. The standard InChI is InChI=1S/C25H36N2O4/c1-3-4-5-6-7-8-9-12-15-27-24(28)22(20-13-10-11-14-21(20)30-2)23(25(27)29)26-16-18-31-19-17-26/h10-11,13-14H,3-9,12,15-19H2,1-2H3. The van der Waals surface area contributed by atoms with E-state index in [1.807, 2.05) is 29.2 Å². The third-order valence-corrected chi connectivity index (χ3v) is 6.08. The topological polar surface area (TPSA) is 59.1 Å². The van der Waals surface area contributed by atoms with Crippen LogP contribution in [0, 0.1) is 0 Å². The minimum atomic E-state index is -0.209. The molecule has 0 radical (unpaired) electrons. The lowest BCUT2D eigenvalue weighted by atomic mass is 10.0. The molecule has 0 N–H and O–H groups in total. The number of morpholine rings is 1. The Bertz CT molecular complexity index is 783. The Morgan fingerprint density at radius 1 is 0.903 bits per heavy atom. The molecule has 1 fully saturated rings. The number of hydrogen-bond acceptors (Lipinski definition) is 5. The van der Waals surface area contributed by atoms with E-state index in [-0.39, 0.29) is 11.8 Å². The molecule has 2 aliphatic rings. The van der Waals surface area contributed by atoms with Crippen LogP contribution in [0.15, 0.2) is 30.0 Å². The van der Waals surface area contributed by atoms with Gasteiger partial charge in [0.1, 0.15) is 11.4 Å². The molecular weight excluding hydrogens is 392 g/mol. The van der Waals surface area contributed by atoms with Crippen LogP contribution in [0.25, 0.3) is 5.57 Å². The number of amides is 2. The first-order valence-electron chi connectivity index (χ1n) is 11.8. The molecule has 1 aromatic rings. The molecule has 6 nitrogen and oxygen atoms in total. The third kappa shape index (κ3) is 5.67. The van der Waals surface area contributed by atoms with Gasteiger partial charge in [0.15, 0.2) is 0 Å². The number of carbonyl (C=O) groups is 2. The molecule has 0 saturated carbocycles. The first-order valence-corrected chi connectivity index (χ1v) is 11.8. The van der Waals surface area contributed by atoms with Gasteiger partial charge in [-0.25, -0.2) is 0 Å². The second kappa shape index (κ2) is 11.9. The molecule has 2 aliphatic heterocycles. The molecule has 0 aliphatic carbocycles. The van der Waals surface area contributed by atoms with E-state index in [1.54, 1.807) is 7.11 Å². The summed E-state index contributed by atoms with van der Waals surface area (Å²) in [4.78, 5) is 30.2. The highest BCUT2D eigenvalue weighted by Crippen LogP contribution is 2.36. The molecule has 170 valence electrons. The van der Waals surface area contributed by atoms with Gasteiger partial charge >= 0.3 is 0 Å². The van der Waals surface area contributed by atoms with Crippen molar-refractivity contribution in [2.24, 2.45) is 0 Å². The van der Waals surface area contributed by atoms with Crippen LogP contribution in [0.5, 0.6) is 5.75 Å². The number of benzene rings is 1. The van der Waals surface area contributed by atoms with Crippen LogP contribution in [0.2, 0.25) is 0 Å². The van der Waals surface area contributed by atoms with E-state index in [0.717, 1.165) is 19.3 Å². The zero-order valence-electron chi connectivity index (χ0n) is 19.0. The monoisotopic (exact) mass is 428 g/mol. The van der Waals surface area contributed by atoms with E-state index >= 15 is 0 Å². The predicted octanol–water partition coefficient (Wildman–Crippen LogP) is 4.25. The molecule has 1 aromatic carbocycles. The van der Waals surface area contributed by atoms with E-state index in [4.69, 9.17) is 9.47 Å². The predicted molar refractivity (Wildman–Crippen MR) is 122 cm³/mol. The van der Waals surface area contributed by atoms with Crippen LogP contribution in [0.3, 0.4) is 0 Å². The molecule has 2 amide bonds. The van der Waals surface area contributed by atoms with E-state index in [2.05, 4.69) is 6.92 Å². The van der Waals surface area contributed by atoms with Gasteiger partial charge in [-0.1, -0.05) is 70.1 Å². The molecule has 3 rings (SSSR count). The van der Waals surface area contributed by atoms with Crippen molar-refractivity contribution < 1.29 is 19.1 Å². The second-order valence-electron chi connectivity index (χ2n) is 8.26.